The molecule has 0 aliphatic rings. The molecule has 20 heavy (non-hydrogen) atoms. The minimum atomic E-state index is -0.306. The van der Waals surface area contributed by atoms with Gasteiger partial charge in [-0.25, -0.2) is 0 Å². The summed E-state index contributed by atoms with van der Waals surface area (Å²) in [6.45, 7) is 0. The number of methoxy groups -OCH3 is 1. The molecule has 0 heterocycles. The third kappa shape index (κ3) is 3.27. The van der Waals surface area contributed by atoms with Gasteiger partial charge in [-0.2, -0.15) is 0 Å². The fraction of sp³-hybridized carbons (Fsp3) is 0.0625. The SMILES string of the molecule is COc1cccc(O)c1C(=O)/C=C/c1cccc(Br)c1. The van der Waals surface area contributed by atoms with E-state index in [9.17, 15) is 9.90 Å². The predicted octanol–water partition coefficient (Wildman–Crippen LogP) is 4.06. The van der Waals surface area contributed by atoms with Crippen LogP contribution in [0.15, 0.2) is 53.0 Å². The van der Waals surface area contributed by atoms with Crippen molar-refractivity contribution in [3.63, 3.8) is 0 Å². The largest absolute Gasteiger partial charge is 0.507 e. The molecule has 2 rings (SSSR count). The van der Waals surface area contributed by atoms with E-state index in [0.717, 1.165) is 10.0 Å². The fourth-order valence-electron chi connectivity index (χ4n) is 1.80. The molecule has 1 N–H and O–H groups in total. The summed E-state index contributed by atoms with van der Waals surface area (Å²) < 4.78 is 6.03. The number of phenolic OH excluding ortho intramolecular Hbond substituents is 1. The summed E-state index contributed by atoms with van der Waals surface area (Å²) in [5.74, 6) is -0.0398. The number of hydrogen-bond acceptors (Lipinski definition) is 3. The molecule has 0 atom stereocenters. The molecule has 4 heteroatoms. The molecule has 0 aliphatic heterocycles. The summed E-state index contributed by atoms with van der Waals surface area (Å²) in [6.07, 6.45) is 3.11. The van der Waals surface area contributed by atoms with Gasteiger partial charge in [-0.05, 0) is 35.9 Å². The van der Waals surface area contributed by atoms with Crippen molar-refractivity contribution in [1.29, 1.82) is 0 Å². The molecule has 2 aromatic carbocycles. The van der Waals surface area contributed by atoms with E-state index in [4.69, 9.17) is 4.74 Å². The van der Waals surface area contributed by atoms with Gasteiger partial charge in [0.05, 0.1) is 7.11 Å². The van der Waals surface area contributed by atoms with Gasteiger partial charge in [0.1, 0.15) is 17.1 Å². The first-order chi connectivity index (χ1) is 9.61. The van der Waals surface area contributed by atoms with E-state index in [-0.39, 0.29) is 17.1 Å². The van der Waals surface area contributed by atoms with Gasteiger partial charge >= 0.3 is 0 Å². The van der Waals surface area contributed by atoms with Gasteiger partial charge in [0, 0.05) is 4.47 Å². The van der Waals surface area contributed by atoms with E-state index in [1.54, 1.807) is 18.2 Å². The number of ketones is 1. The zero-order chi connectivity index (χ0) is 14.5. The normalized spacial score (nSPS) is 10.7. The highest BCUT2D eigenvalue weighted by Gasteiger charge is 2.14. The molecule has 0 aliphatic carbocycles. The lowest BCUT2D eigenvalue weighted by Crippen LogP contribution is -1.99. The zero-order valence-electron chi connectivity index (χ0n) is 10.8. The maximum absolute atomic E-state index is 12.2. The third-order valence-electron chi connectivity index (χ3n) is 2.75. The Bertz CT molecular complexity index is 663. The van der Waals surface area contributed by atoms with Crippen molar-refractivity contribution in [3.8, 4) is 11.5 Å². The van der Waals surface area contributed by atoms with Crippen LogP contribution < -0.4 is 4.74 Å². The molecule has 0 saturated carbocycles. The molecule has 0 radical (unpaired) electrons. The van der Waals surface area contributed by atoms with E-state index >= 15 is 0 Å². The first-order valence-electron chi connectivity index (χ1n) is 5.96. The molecule has 2 aromatic rings. The van der Waals surface area contributed by atoms with Crippen LogP contribution in [0.1, 0.15) is 15.9 Å². The number of halogens is 1. The molecule has 0 spiro atoms. The van der Waals surface area contributed by atoms with Crippen molar-refractivity contribution in [2.24, 2.45) is 0 Å². The smallest absolute Gasteiger partial charge is 0.193 e. The number of carbonyl (C=O) groups is 1. The second-order valence-corrected chi connectivity index (χ2v) is 5.02. The molecule has 0 amide bonds. The van der Waals surface area contributed by atoms with E-state index < -0.39 is 0 Å². The zero-order valence-corrected chi connectivity index (χ0v) is 12.4. The molecule has 0 aromatic heterocycles. The van der Waals surface area contributed by atoms with Crippen molar-refractivity contribution < 1.29 is 14.6 Å². The number of benzene rings is 2. The van der Waals surface area contributed by atoms with Gasteiger partial charge in [0.15, 0.2) is 5.78 Å². The Kier molecular flexibility index (Phi) is 4.58. The number of rotatable bonds is 4. The van der Waals surface area contributed by atoms with Crippen LogP contribution in [0.2, 0.25) is 0 Å². The summed E-state index contributed by atoms with van der Waals surface area (Å²) >= 11 is 3.37. The molecule has 0 saturated heterocycles. The van der Waals surface area contributed by atoms with Crippen LogP contribution in [0.3, 0.4) is 0 Å². The number of carbonyl (C=O) groups excluding carboxylic acids is 1. The van der Waals surface area contributed by atoms with Crippen LogP contribution >= 0.6 is 15.9 Å². The van der Waals surface area contributed by atoms with Gasteiger partial charge in [-0.1, -0.05) is 40.2 Å². The minimum absolute atomic E-state index is 0.0896. The monoisotopic (exact) mass is 332 g/mol. The highest BCUT2D eigenvalue weighted by atomic mass is 79.9. The summed E-state index contributed by atoms with van der Waals surface area (Å²) in [6, 6.07) is 12.3. The molecule has 102 valence electrons. The van der Waals surface area contributed by atoms with Gasteiger partial charge in [-0.3, -0.25) is 4.79 Å². The summed E-state index contributed by atoms with van der Waals surface area (Å²) in [7, 11) is 1.46. The standard InChI is InChI=1S/C16H13BrO3/c1-20-15-7-3-6-13(18)16(15)14(19)9-8-11-4-2-5-12(17)10-11/h2-10,18H,1H3/b9-8+. The first-order valence-corrected chi connectivity index (χ1v) is 6.75. The van der Waals surface area contributed by atoms with Crippen LogP contribution in [-0.2, 0) is 0 Å². The minimum Gasteiger partial charge on any atom is -0.507 e. The van der Waals surface area contributed by atoms with Gasteiger partial charge in [-0.15, -0.1) is 0 Å². The number of aromatic hydroxyl groups is 1. The Hall–Kier alpha value is -2.07. The van der Waals surface area contributed by atoms with E-state index in [1.807, 2.05) is 24.3 Å². The van der Waals surface area contributed by atoms with Gasteiger partial charge in [0.2, 0.25) is 0 Å². The summed E-state index contributed by atoms with van der Waals surface area (Å²) in [5.41, 5.74) is 1.06. The lowest BCUT2D eigenvalue weighted by Gasteiger charge is -2.07. The van der Waals surface area contributed by atoms with Gasteiger partial charge in [0.25, 0.3) is 0 Å². The van der Waals surface area contributed by atoms with Gasteiger partial charge < -0.3 is 9.84 Å². The highest BCUT2D eigenvalue weighted by Crippen LogP contribution is 2.28. The number of hydrogen-bond donors (Lipinski definition) is 1. The van der Waals surface area contributed by atoms with Crippen molar-refractivity contribution in [2.75, 3.05) is 7.11 Å². The Labute approximate surface area is 125 Å². The van der Waals surface area contributed by atoms with Crippen LogP contribution in [-0.4, -0.2) is 18.0 Å². The average Bonchev–Trinajstić information content (AvgIpc) is 2.44. The van der Waals surface area contributed by atoms with E-state index in [1.165, 1.54) is 19.3 Å². The quantitative estimate of drug-likeness (QED) is 0.678. The predicted molar refractivity (Wildman–Crippen MR) is 82.2 cm³/mol. The number of ether oxygens (including phenoxy) is 1. The molecule has 0 unspecified atom stereocenters. The van der Waals surface area contributed by atoms with Crippen molar-refractivity contribution in [3.05, 3.63) is 64.1 Å². The van der Waals surface area contributed by atoms with Crippen molar-refractivity contribution in [2.45, 2.75) is 0 Å². The van der Waals surface area contributed by atoms with E-state index in [2.05, 4.69) is 15.9 Å². The van der Waals surface area contributed by atoms with Crippen molar-refractivity contribution >= 4 is 27.8 Å². The fourth-order valence-corrected chi connectivity index (χ4v) is 2.22. The average molecular weight is 333 g/mol. The molecule has 0 fully saturated rings. The second-order valence-electron chi connectivity index (χ2n) is 4.11. The summed E-state index contributed by atoms with van der Waals surface area (Å²) in [5, 5.41) is 9.79. The maximum Gasteiger partial charge on any atom is 0.193 e. The molecule has 0 bridgehead atoms. The Morgan fingerprint density at radius 1 is 1.25 bits per heavy atom. The second kappa shape index (κ2) is 6.39. The first kappa shape index (κ1) is 14.3. The lowest BCUT2D eigenvalue weighted by molar-refractivity contribution is 0.104. The summed E-state index contributed by atoms with van der Waals surface area (Å²) in [4.78, 5) is 12.2. The van der Waals surface area contributed by atoms with Crippen LogP contribution in [0.25, 0.3) is 6.08 Å². The Morgan fingerprint density at radius 3 is 2.70 bits per heavy atom. The maximum atomic E-state index is 12.2. The Morgan fingerprint density at radius 2 is 2.00 bits per heavy atom. The number of phenols is 1. The molecular weight excluding hydrogens is 320 g/mol. The Balaban J connectivity index is 2.29. The topological polar surface area (TPSA) is 46.5 Å². The van der Waals surface area contributed by atoms with Crippen LogP contribution in [0.5, 0.6) is 11.5 Å². The van der Waals surface area contributed by atoms with E-state index in [0.29, 0.717) is 5.75 Å². The molecular formula is C16H13BrO3. The number of allylic oxidation sites excluding steroid dienone is 1. The van der Waals surface area contributed by atoms with Crippen molar-refractivity contribution in [1.82, 2.24) is 0 Å². The highest BCUT2D eigenvalue weighted by molar-refractivity contribution is 9.10. The van der Waals surface area contributed by atoms with Crippen LogP contribution in [0, 0.1) is 0 Å². The van der Waals surface area contributed by atoms with Crippen LogP contribution in [0.4, 0.5) is 0 Å². The lowest BCUT2D eigenvalue weighted by atomic mass is 10.1. The molecule has 3 nitrogen and oxygen atoms in total. The third-order valence-corrected chi connectivity index (χ3v) is 3.24.